The smallest absolute Gasteiger partial charge is 0.272 e. The van der Waals surface area contributed by atoms with Gasteiger partial charge in [0.05, 0.1) is 17.6 Å². The Labute approximate surface area is 179 Å². The molecule has 156 valence electrons. The maximum atomic E-state index is 14.1. The first-order chi connectivity index (χ1) is 15.2. The van der Waals surface area contributed by atoms with Crippen LogP contribution in [0.25, 0.3) is 17.1 Å². The number of carbonyl (C=O) groups excluding carboxylic acids is 1. The number of aromatic nitrogens is 2. The summed E-state index contributed by atoms with van der Waals surface area (Å²) < 4.78 is 21.3. The minimum absolute atomic E-state index is 0.109. The SMILES string of the molecule is O=C(c1cc(-c2ccco2)nn1-c1ccccc1)N1CCN(c2ccccc2F)CC1. The van der Waals surface area contributed by atoms with E-state index in [2.05, 4.69) is 5.10 Å². The molecule has 0 saturated carbocycles. The summed E-state index contributed by atoms with van der Waals surface area (Å²) in [6.07, 6.45) is 1.58. The molecule has 7 heteroatoms. The minimum atomic E-state index is -0.243. The molecule has 2 aromatic heterocycles. The number of benzene rings is 2. The minimum Gasteiger partial charge on any atom is -0.463 e. The largest absolute Gasteiger partial charge is 0.463 e. The lowest BCUT2D eigenvalue weighted by atomic mass is 10.2. The van der Waals surface area contributed by atoms with Crippen molar-refractivity contribution >= 4 is 11.6 Å². The highest BCUT2D eigenvalue weighted by Crippen LogP contribution is 2.25. The van der Waals surface area contributed by atoms with Crippen LogP contribution in [0.5, 0.6) is 0 Å². The van der Waals surface area contributed by atoms with E-state index in [4.69, 9.17) is 4.42 Å². The van der Waals surface area contributed by atoms with E-state index < -0.39 is 0 Å². The molecule has 1 amide bonds. The molecule has 2 aromatic carbocycles. The molecule has 0 unspecified atom stereocenters. The monoisotopic (exact) mass is 416 g/mol. The molecule has 0 N–H and O–H groups in total. The predicted molar refractivity (Wildman–Crippen MR) is 116 cm³/mol. The molecule has 0 aliphatic carbocycles. The van der Waals surface area contributed by atoms with Crippen molar-refractivity contribution in [1.29, 1.82) is 0 Å². The van der Waals surface area contributed by atoms with Gasteiger partial charge in [-0.05, 0) is 36.4 Å². The van der Waals surface area contributed by atoms with Gasteiger partial charge < -0.3 is 14.2 Å². The number of amides is 1. The summed E-state index contributed by atoms with van der Waals surface area (Å²) in [4.78, 5) is 17.2. The van der Waals surface area contributed by atoms with Gasteiger partial charge in [-0.15, -0.1) is 0 Å². The highest BCUT2D eigenvalue weighted by Gasteiger charge is 2.27. The quantitative estimate of drug-likeness (QED) is 0.500. The van der Waals surface area contributed by atoms with Gasteiger partial charge in [-0.1, -0.05) is 30.3 Å². The van der Waals surface area contributed by atoms with Crippen LogP contribution in [0, 0.1) is 5.82 Å². The number of para-hydroxylation sites is 2. The number of carbonyl (C=O) groups is 1. The number of piperazine rings is 1. The van der Waals surface area contributed by atoms with Gasteiger partial charge in [0.1, 0.15) is 17.2 Å². The molecule has 31 heavy (non-hydrogen) atoms. The standard InChI is InChI=1S/C24H21FN4O2/c25-19-9-4-5-10-21(19)27-12-14-28(15-13-27)24(30)22-17-20(23-11-6-16-31-23)26-29(22)18-7-2-1-3-8-18/h1-11,16-17H,12-15H2. The van der Waals surface area contributed by atoms with Crippen LogP contribution in [-0.4, -0.2) is 46.8 Å². The molecule has 1 saturated heterocycles. The van der Waals surface area contributed by atoms with E-state index in [0.717, 1.165) is 5.69 Å². The fourth-order valence-corrected chi connectivity index (χ4v) is 3.86. The van der Waals surface area contributed by atoms with Crippen molar-refractivity contribution in [2.24, 2.45) is 0 Å². The zero-order valence-electron chi connectivity index (χ0n) is 16.8. The molecule has 1 aliphatic rings. The molecule has 1 fully saturated rings. The topological polar surface area (TPSA) is 54.5 Å². The maximum Gasteiger partial charge on any atom is 0.272 e. The highest BCUT2D eigenvalue weighted by molar-refractivity contribution is 5.94. The Morgan fingerprint density at radius 1 is 0.903 bits per heavy atom. The summed E-state index contributed by atoms with van der Waals surface area (Å²) >= 11 is 0. The van der Waals surface area contributed by atoms with E-state index in [9.17, 15) is 9.18 Å². The van der Waals surface area contributed by atoms with Crippen molar-refractivity contribution in [2.75, 3.05) is 31.1 Å². The average Bonchev–Trinajstić information content (AvgIpc) is 3.50. The molecule has 0 atom stereocenters. The summed E-state index contributed by atoms with van der Waals surface area (Å²) in [5, 5.41) is 4.63. The first-order valence-corrected chi connectivity index (χ1v) is 10.2. The molecule has 0 bridgehead atoms. The Hall–Kier alpha value is -3.87. The van der Waals surface area contributed by atoms with Gasteiger partial charge in [0.15, 0.2) is 5.76 Å². The lowest BCUT2D eigenvalue weighted by molar-refractivity contribution is 0.0737. The molecule has 6 nitrogen and oxygen atoms in total. The molecule has 0 radical (unpaired) electrons. The molecular formula is C24H21FN4O2. The van der Waals surface area contributed by atoms with Crippen molar-refractivity contribution in [3.63, 3.8) is 0 Å². The summed E-state index contributed by atoms with van der Waals surface area (Å²) in [6.45, 7) is 2.14. The van der Waals surface area contributed by atoms with Crippen LogP contribution in [0.3, 0.4) is 0 Å². The third kappa shape index (κ3) is 3.70. The number of anilines is 1. The van der Waals surface area contributed by atoms with Crippen LogP contribution in [0.4, 0.5) is 10.1 Å². The van der Waals surface area contributed by atoms with Crippen molar-refractivity contribution in [1.82, 2.24) is 14.7 Å². The number of halogens is 1. The van der Waals surface area contributed by atoms with Gasteiger partial charge in [-0.25, -0.2) is 9.07 Å². The number of nitrogens with zero attached hydrogens (tertiary/aromatic N) is 4. The Kier molecular flexibility index (Phi) is 5.00. The Bertz CT molecular complexity index is 1180. The molecule has 1 aliphatic heterocycles. The molecule has 4 aromatic rings. The normalized spacial score (nSPS) is 14.1. The number of hydrogen-bond donors (Lipinski definition) is 0. The first-order valence-electron chi connectivity index (χ1n) is 10.2. The van der Waals surface area contributed by atoms with Gasteiger partial charge >= 0.3 is 0 Å². The summed E-state index contributed by atoms with van der Waals surface area (Å²) in [6, 6.07) is 21.7. The lowest BCUT2D eigenvalue weighted by Gasteiger charge is -2.36. The summed E-state index contributed by atoms with van der Waals surface area (Å²) in [5.41, 5.74) is 2.44. The first kappa shape index (κ1) is 19.1. The zero-order chi connectivity index (χ0) is 21.2. The summed E-state index contributed by atoms with van der Waals surface area (Å²) in [5.74, 6) is 0.253. The van der Waals surface area contributed by atoms with Crippen molar-refractivity contribution in [2.45, 2.75) is 0 Å². The zero-order valence-corrected chi connectivity index (χ0v) is 16.8. The molecule has 0 spiro atoms. The number of rotatable bonds is 4. The fourth-order valence-electron chi connectivity index (χ4n) is 3.86. The number of furan rings is 1. The van der Waals surface area contributed by atoms with Crippen LogP contribution in [0.1, 0.15) is 10.5 Å². The Morgan fingerprint density at radius 3 is 2.35 bits per heavy atom. The lowest BCUT2D eigenvalue weighted by Crippen LogP contribution is -2.49. The van der Waals surface area contributed by atoms with Gasteiger partial charge in [-0.3, -0.25) is 4.79 Å². The highest BCUT2D eigenvalue weighted by atomic mass is 19.1. The second-order valence-corrected chi connectivity index (χ2v) is 7.37. The predicted octanol–water partition coefficient (Wildman–Crippen LogP) is 4.23. The van der Waals surface area contributed by atoms with E-state index in [1.807, 2.05) is 47.4 Å². The van der Waals surface area contributed by atoms with E-state index >= 15 is 0 Å². The molecule has 3 heterocycles. The van der Waals surface area contributed by atoms with Crippen LogP contribution in [0.15, 0.2) is 83.5 Å². The van der Waals surface area contributed by atoms with Crippen molar-refractivity contribution < 1.29 is 13.6 Å². The van der Waals surface area contributed by atoms with Gasteiger partial charge in [0, 0.05) is 32.2 Å². The maximum absolute atomic E-state index is 14.1. The molecule has 5 rings (SSSR count). The van der Waals surface area contributed by atoms with E-state index in [1.165, 1.54) is 6.07 Å². The second kappa shape index (κ2) is 8.10. The van der Waals surface area contributed by atoms with Gasteiger partial charge in [0.25, 0.3) is 5.91 Å². The van der Waals surface area contributed by atoms with Crippen LogP contribution in [-0.2, 0) is 0 Å². The fraction of sp³-hybridized carbons (Fsp3) is 0.167. The van der Waals surface area contributed by atoms with Crippen molar-refractivity contribution in [3.05, 3.63) is 90.6 Å². The third-order valence-electron chi connectivity index (χ3n) is 5.46. The van der Waals surface area contributed by atoms with Gasteiger partial charge in [-0.2, -0.15) is 5.10 Å². The number of hydrogen-bond acceptors (Lipinski definition) is 4. The van der Waals surface area contributed by atoms with Crippen LogP contribution < -0.4 is 4.90 Å². The second-order valence-electron chi connectivity index (χ2n) is 7.37. The Balaban J connectivity index is 1.41. The third-order valence-corrected chi connectivity index (χ3v) is 5.46. The van der Waals surface area contributed by atoms with E-state index in [-0.39, 0.29) is 11.7 Å². The molecular weight excluding hydrogens is 395 g/mol. The van der Waals surface area contributed by atoms with E-state index in [0.29, 0.717) is 49.0 Å². The van der Waals surface area contributed by atoms with Crippen LogP contribution in [0.2, 0.25) is 0 Å². The van der Waals surface area contributed by atoms with Gasteiger partial charge in [0.2, 0.25) is 0 Å². The van der Waals surface area contributed by atoms with E-state index in [1.54, 1.807) is 40.1 Å². The summed E-state index contributed by atoms with van der Waals surface area (Å²) in [7, 11) is 0. The van der Waals surface area contributed by atoms with Crippen LogP contribution >= 0.6 is 0 Å². The Morgan fingerprint density at radius 2 is 1.65 bits per heavy atom. The average molecular weight is 416 g/mol. The van der Waals surface area contributed by atoms with Crippen molar-refractivity contribution in [3.8, 4) is 17.1 Å².